The van der Waals surface area contributed by atoms with E-state index in [1.165, 1.54) is 0 Å². The number of hydrogen-bond acceptors (Lipinski definition) is 4. The monoisotopic (exact) mass is 446 g/mol. The first-order valence-corrected chi connectivity index (χ1v) is 10.7. The predicted molar refractivity (Wildman–Crippen MR) is 123 cm³/mol. The van der Waals surface area contributed by atoms with E-state index in [0.717, 1.165) is 11.1 Å². The largest absolute Gasteiger partial charge is 0.493 e. The van der Waals surface area contributed by atoms with Crippen LogP contribution in [-0.2, 0) is 22.6 Å². The first kappa shape index (κ1) is 24.5. The average molecular weight is 447 g/mol. The summed E-state index contributed by atoms with van der Waals surface area (Å²) in [6.07, 6.45) is 0.633. The van der Waals surface area contributed by atoms with Gasteiger partial charge in [0, 0.05) is 24.0 Å². The molecule has 0 aliphatic rings. The molecule has 31 heavy (non-hydrogen) atoms. The van der Waals surface area contributed by atoms with Crippen molar-refractivity contribution in [2.45, 2.75) is 39.8 Å². The lowest BCUT2D eigenvalue weighted by atomic mass is 10.1. The van der Waals surface area contributed by atoms with Crippen LogP contribution in [0.3, 0.4) is 0 Å². The van der Waals surface area contributed by atoms with Crippen molar-refractivity contribution in [2.75, 3.05) is 20.8 Å². The smallest absolute Gasteiger partial charge is 0.242 e. The van der Waals surface area contributed by atoms with Crippen molar-refractivity contribution < 1.29 is 19.1 Å². The number of nitrogens with one attached hydrogen (secondary N) is 1. The number of benzene rings is 2. The van der Waals surface area contributed by atoms with E-state index in [9.17, 15) is 9.59 Å². The molecule has 0 aliphatic heterocycles. The Morgan fingerprint density at radius 1 is 0.968 bits per heavy atom. The van der Waals surface area contributed by atoms with Gasteiger partial charge in [-0.05, 0) is 48.7 Å². The van der Waals surface area contributed by atoms with Gasteiger partial charge >= 0.3 is 0 Å². The standard InChI is InChI=1S/C24H31ClN2O4/c1-16(2)24(29)27(15-19-6-9-20(25)10-7-19)17(3)23(28)26-13-12-18-8-11-21(30-4)22(14-18)31-5/h6-11,14,16-17H,12-13,15H2,1-5H3,(H,26,28)/t17-/m0/s1. The molecular weight excluding hydrogens is 416 g/mol. The van der Waals surface area contributed by atoms with Crippen molar-refractivity contribution in [3.8, 4) is 11.5 Å². The zero-order chi connectivity index (χ0) is 23.0. The maximum atomic E-state index is 12.8. The molecule has 1 atom stereocenters. The van der Waals surface area contributed by atoms with Gasteiger partial charge in [0.1, 0.15) is 6.04 Å². The fourth-order valence-electron chi connectivity index (χ4n) is 3.18. The Labute approximate surface area is 189 Å². The lowest BCUT2D eigenvalue weighted by molar-refractivity contribution is -0.143. The minimum atomic E-state index is -0.601. The molecular formula is C24H31ClN2O4. The number of rotatable bonds is 10. The molecule has 2 amide bonds. The summed E-state index contributed by atoms with van der Waals surface area (Å²) >= 11 is 5.96. The molecule has 0 fully saturated rings. The maximum Gasteiger partial charge on any atom is 0.242 e. The molecule has 6 nitrogen and oxygen atoms in total. The second-order valence-corrected chi connectivity index (χ2v) is 8.09. The molecule has 0 heterocycles. The highest BCUT2D eigenvalue weighted by molar-refractivity contribution is 6.30. The van der Waals surface area contributed by atoms with Crippen LogP contribution in [0.5, 0.6) is 11.5 Å². The van der Waals surface area contributed by atoms with Crippen molar-refractivity contribution in [1.29, 1.82) is 0 Å². The molecule has 168 valence electrons. The number of carbonyl (C=O) groups is 2. The number of nitrogens with zero attached hydrogens (tertiary/aromatic N) is 1. The minimum Gasteiger partial charge on any atom is -0.493 e. The van der Waals surface area contributed by atoms with Crippen LogP contribution in [0.25, 0.3) is 0 Å². The van der Waals surface area contributed by atoms with Gasteiger partial charge in [0.05, 0.1) is 14.2 Å². The summed E-state index contributed by atoms with van der Waals surface area (Å²) < 4.78 is 10.6. The van der Waals surface area contributed by atoms with E-state index < -0.39 is 6.04 Å². The van der Waals surface area contributed by atoms with E-state index in [4.69, 9.17) is 21.1 Å². The van der Waals surface area contributed by atoms with Crippen LogP contribution in [0.4, 0.5) is 0 Å². The van der Waals surface area contributed by atoms with Gasteiger partial charge in [0.25, 0.3) is 0 Å². The van der Waals surface area contributed by atoms with Gasteiger partial charge in [-0.3, -0.25) is 9.59 Å². The number of ether oxygens (including phenoxy) is 2. The zero-order valence-electron chi connectivity index (χ0n) is 18.8. The Morgan fingerprint density at radius 2 is 1.58 bits per heavy atom. The van der Waals surface area contributed by atoms with E-state index in [2.05, 4.69) is 5.32 Å². The highest BCUT2D eigenvalue weighted by Crippen LogP contribution is 2.27. The number of hydrogen-bond donors (Lipinski definition) is 1. The maximum absolute atomic E-state index is 12.8. The van der Waals surface area contributed by atoms with Crippen LogP contribution in [0.1, 0.15) is 31.9 Å². The minimum absolute atomic E-state index is 0.0718. The van der Waals surface area contributed by atoms with Gasteiger partial charge < -0.3 is 19.7 Å². The second-order valence-electron chi connectivity index (χ2n) is 7.65. The Balaban J connectivity index is 2.01. The van der Waals surface area contributed by atoms with Crippen LogP contribution >= 0.6 is 11.6 Å². The molecule has 2 aromatic rings. The molecule has 0 aliphatic carbocycles. The third-order valence-corrected chi connectivity index (χ3v) is 5.30. The highest BCUT2D eigenvalue weighted by atomic mass is 35.5. The van der Waals surface area contributed by atoms with E-state index in [-0.39, 0.29) is 17.7 Å². The van der Waals surface area contributed by atoms with Crippen LogP contribution in [0.15, 0.2) is 42.5 Å². The first-order valence-electron chi connectivity index (χ1n) is 10.3. The van der Waals surface area contributed by atoms with Crippen molar-refractivity contribution in [1.82, 2.24) is 10.2 Å². The Hall–Kier alpha value is -2.73. The first-order chi connectivity index (χ1) is 14.8. The van der Waals surface area contributed by atoms with Crippen LogP contribution in [-0.4, -0.2) is 43.5 Å². The fourth-order valence-corrected chi connectivity index (χ4v) is 3.31. The number of amides is 2. The van der Waals surface area contributed by atoms with E-state index in [1.807, 2.05) is 44.2 Å². The quantitative estimate of drug-likeness (QED) is 0.596. The zero-order valence-corrected chi connectivity index (χ0v) is 19.5. The molecule has 0 saturated heterocycles. The molecule has 0 unspecified atom stereocenters. The topological polar surface area (TPSA) is 67.9 Å². The predicted octanol–water partition coefficient (Wildman–Crippen LogP) is 4.09. The molecule has 0 bridgehead atoms. The van der Waals surface area contributed by atoms with Gasteiger partial charge in [0.2, 0.25) is 11.8 Å². The lowest BCUT2D eigenvalue weighted by Crippen LogP contribution is -2.49. The van der Waals surface area contributed by atoms with Gasteiger partial charge in [-0.15, -0.1) is 0 Å². The molecule has 7 heteroatoms. The van der Waals surface area contributed by atoms with Gasteiger partial charge in [-0.1, -0.05) is 43.6 Å². The Bertz CT molecular complexity index is 884. The van der Waals surface area contributed by atoms with Gasteiger partial charge in [0.15, 0.2) is 11.5 Å². The second kappa shape index (κ2) is 11.6. The molecule has 2 rings (SSSR count). The van der Waals surface area contributed by atoms with Crippen molar-refractivity contribution in [2.24, 2.45) is 5.92 Å². The summed E-state index contributed by atoms with van der Waals surface area (Å²) in [4.78, 5) is 27.2. The third-order valence-electron chi connectivity index (χ3n) is 5.05. The molecule has 2 aromatic carbocycles. The summed E-state index contributed by atoms with van der Waals surface area (Å²) in [5.41, 5.74) is 1.94. The van der Waals surface area contributed by atoms with Gasteiger partial charge in [-0.2, -0.15) is 0 Å². The van der Waals surface area contributed by atoms with Crippen LogP contribution < -0.4 is 14.8 Å². The number of halogens is 1. The summed E-state index contributed by atoms with van der Waals surface area (Å²) in [6.45, 7) is 6.21. The van der Waals surface area contributed by atoms with Gasteiger partial charge in [-0.25, -0.2) is 0 Å². The third kappa shape index (κ3) is 6.89. The molecule has 0 spiro atoms. The summed E-state index contributed by atoms with van der Waals surface area (Å²) in [5.74, 6) is 0.834. The number of carbonyl (C=O) groups excluding carboxylic acids is 2. The average Bonchev–Trinajstić information content (AvgIpc) is 2.77. The summed E-state index contributed by atoms with van der Waals surface area (Å²) in [5, 5.41) is 3.57. The van der Waals surface area contributed by atoms with Crippen molar-refractivity contribution in [3.05, 3.63) is 58.6 Å². The number of methoxy groups -OCH3 is 2. The molecule has 0 radical (unpaired) electrons. The Morgan fingerprint density at radius 3 is 2.16 bits per heavy atom. The van der Waals surface area contributed by atoms with Crippen LogP contribution in [0.2, 0.25) is 5.02 Å². The summed E-state index contributed by atoms with van der Waals surface area (Å²) in [7, 11) is 3.18. The van der Waals surface area contributed by atoms with E-state index in [1.54, 1.807) is 38.2 Å². The summed E-state index contributed by atoms with van der Waals surface area (Å²) in [6, 6.07) is 12.4. The SMILES string of the molecule is COc1ccc(CCNC(=O)[C@H](C)N(Cc2ccc(Cl)cc2)C(=O)C(C)C)cc1OC. The van der Waals surface area contributed by atoms with Crippen molar-refractivity contribution in [3.63, 3.8) is 0 Å². The molecule has 0 saturated carbocycles. The van der Waals surface area contributed by atoms with Crippen molar-refractivity contribution >= 4 is 23.4 Å². The molecule has 1 N–H and O–H groups in total. The lowest BCUT2D eigenvalue weighted by Gasteiger charge is -2.30. The molecule has 0 aromatic heterocycles. The normalized spacial score (nSPS) is 11.7. The van der Waals surface area contributed by atoms with E-state index in [0.29, 0.717) is 36.0 Å². The van der Waals surface area contributed by atoms with Crippen LogP contribution in [0, 0.1) is 5.92 Å². The fraction of sp³-hybridized carbons (Fsp3) is 0.417. The Kier molecular flexibility index (Phi) is 9.19. The highest BCUT2D eigenvalue weighted by Gasteiger charge is 2.27. The van der Waals surface area contributed by atoms with E-state index >= 15 is 0 Å².